The molecule has 0 aliphatic carbocycles. The highest BCUT2D eigenvalue weighted by molar-refractivity contribution is 5.61. The normalized spacial score (nSPS) is 24.9. The van der Waals surface area contributed by atoms with E-state index in [-0.39, 0.29) is 5.41 Å². The summed E-state index contributed by atoms with van der Waals surface area (Å²) in [6, 6.07) is 15.5. The molecule has 2 nitrogen and oxygen atoms in total. The summed E-state index contributed by atoms with van der Waals surface area (Å²) >= 11 is 0. The fourth-order valence-corrected chi connectivity index (χ4v) is 3.85. The molecule has 0 saturated heterocycles. The third-order valence-corrected chi connectivity index (χ3v) is 5.18. The Morgan fingerprint density at radius 1 is 1.14 bits per heavy atom. The zero-order valence-corrected chi connectivity index (χ0v) is 12.8. The third kappa shape index (κ3) is 1.78. The van der Waals surface area contributed by atoms with Gasteiger partial charge in [0.25, 0.3) is 0 Å². The number of benzene rings is 2. The number of ether oxygens (including phenoxy) is 1. The summed E-state index contributed by atoms with van der Waals surface area (Å²) in [5, 5.41) is 3.76. The van der Waals surface area contributed by atoms with Crippen LogP contribution in [-0.2, 0) is 5.41 Å². The van der Waals surface area contributed by atoms with Crippen molar-refractivity contribution in [2.75, 3.05) is 11.9 Å². The van der Waals surface area contributed by atoms with Crippen LogP contribution in [0.15, 0.2) is 42.5 Å². The predicted octanol–water partition coefficient (Wildman–Crippen LogP) is 4.45. The summed E-state index contributed by atoms with van der Waals surface area (Å²) in [6.07, 6.45) is 0. The minimum Gasteiger partial charge on any atom is -0.493 e. The van der Waals surface area contributed by atoms with Crippen LogP contribution in [0.25, 0.3) is 0 Å². The summed E-state index contributed by atoms with van der Waals surface area (Å²) in [5.41, 5.74) is 5.38. The molecule has 2 aliphatic heterocycles. The van der Waals surface area contributed by atoms with Gasteiger partial charge in [0.1, 0.15) is 5.75 Å². The molecular formula is C19H21NO. The Morgan fingerprint density at radius 2 is 1.95 bits per heavy atom. The molecule has 2 aromatic carbocycles. The first kappa shape index (κ1) is 12.8. The summed E-state index contributed by atoms with van der Waals surface area (Å²) in [7, 11) is 0. The third-order valence-electron chi connectivity index (χ3n) is 5.18. The van der Waals surface area contributed by atoms with Crippen molar-refractivity contribution in [1.82, 2.24) is 0 Å². The average molecular weight is 279 g/mol. The second kappa shape index (κ2) is 4.27. The van der Waals surface area contributed by atoms with Gasteiger partial charge in [0.2, 0.25) is 0 Å². The molecule has 2 heteroatoms. The van der Waals surface area contributed by atoms with E-state index in [1.807, 2.05) is 6.07 Å². The van der Waals surface area contributed by atoms with E-state index >= 15 is 0 Å². The van der Waals surface area contributed by atoms with E-state index in [9.17, 15) is 0 Å². The van der Waals surface area contributed by atoms with E-state index in [1.165, 1.54) is 22.4 Å². The van der Waals surface area contributed by atoms with E-state index in [2.05, 4.69) is 62.5 Å². The van der Waals surface area contributed by atoms with Crippen molar-refractivity contribution in [2.24, 2.45) is 5.92 Å². The van der Waals surface area contributed by atoms with Crippen molar-refractivity contribution >= 4 is 5.69 Å². The molecule has 0 amide bonds. The number of rotatable bonds is 0. The van der Waals surface area contributed by atoms with Gasteiger partial charge in [-0.2, -0.15) is 0 Å². The summed E-state index contributed by atoms with van der Waals surface area (Å²) in [5.74, 6) is 1.47. The van der Waals surface area contributed by atoms with Gasteiger partial charge in [-0.3, -0.25) is 0 Å². The molecule has 4 rings (SSSR count). The molecular weight excluding hydrogens is 258 g/mol. The first-order valence-corrected chi connectivity index (χ1v) is 7.67. The molecule has 0 fully saturated rings. The Bertz CT molecular complexity index is 704. The monoisotopic (exact) mass is 279 g/mol. The molecule has 2 aliphatic rings. The topological polar surface area (TPSA) is 21.3 Å². The molecule has 1 N–H and O–H groups in total. The maximum absolute atomic E-state index is 6.03. The van der Waals surface area contributed by atoms with Crippen molar-refractivity contribution in [3.05, 3.63) is 59.2 Å². The first-order chi connectivity index (χ1) is 10.1. The van der Waals surface area contributed by atoms with E-state index in [1.54, 1.807) is 0 Å². The van der Waals surface area contributed by atoms with E-state index < -0.39 is 0 Å². The molecule has 2 heterocycles. The first-order valence-electron chi connectivity index (χ1n) is 7.67. The fraction of sp³-hybridized carbons (Fsp3) is 0.368. The Labute approximate surface area is 126 Å². The van der Waals surface area contributed by atoms with Crippen molar-refractivity contribution in [2.45, 2.75) is 32.2 Å². The molecule has 21 heavy (non-hydrogen) atoms. The summed E-state index contributed by atoms with van der Waals surface area (Å²) in [4.78, 5) is 0. The Hall–Kier alpha value is -1.96. The van der Waals surface area contributed by atoms with Gasteiger partial charge in [-0.05, 0) is 24.6 Å². The van der Waals surface area contributed by atoms with Crippen LogP contribution in [0.4, 0.5) is 5.69 Å². The lowest BCUT2D eigenvalue weighted by molar-refractivity contribution is 0.135. The second-order valence-corrected chi connectivity index (χ2v) is 6.85. The molecule has 0 saturated carbocycles. The smallest absolute Gasteiger partial charge is 0.124 e. The predicted molar refractivity (Wildman–Crippen MR) is 86.0 cm³/mol. The van der Waals surface area contributed by atoms with Gasteiger partial charge in [-0.15, -0.1) is 0 Å². The standard InChI is InChI=1S/C19H21NO/c1-12-8-9-16-14(10-12)19(2,3)15-11-21-17-7-5-4-6-13(17)18(15)20-16/h4-10,15,18,20H,11H2,1-3H3/t15-,18+/m1/s1. The van der Waals surface area contributed by atoms with Gasteiger partial charge < -0.3 is 10.1 Å². The Morgan fingerprint density at radius 3 is 2.81 bits per heavy atom. The highest BCUT2D eigenvalue weighted by atomic mass is 16.5. The van der Waals surface area contributed by atoms with Gasteiger partial charge in [0.05, 0.1) is 12.6 Å². The average Bonchev–Trinajstić information content (AvgIpc) is 2.48. The van der Waals surface area contributed by atoms with Gasteiger partial charge >= 0.3 is 0 Å². The van der Waals surface area contributed by atoms with Gasteiger partial charge in [-0.1, -0.05) is 49.7 Å². The largest absolute Gasteiger partial charge is 0.493 e. The Kier molecular flexibility index (Phi) is 2.59. The number of para-hydroxylation sites is 1. The minimum absolute atomic E-state index is 0.102. The van der Waals surface area contributed by atoms with Crippen LogP contribution in [0.3, 0.4) is 0 Å². The van der Waals surface area contributed by atoms with Crippen LogP contribution in [-0.4, -0.2) is 6.61 Å². The number of anilines is 1. The van der Waals surface area contributed by atoms with E-state index in [4.69, 9.17) is 4.74 Å². The van der Waals surface area contributed by atoms with Gasteiger partial charge in [0.15, 0.2) is 0 Å². The number of fused-ring (bicyclic) bond motifs is 4. The molecule has 0 aromatic heterocycles. The quantitative estimate of drug-likeness (QED) is 0.769. The van der Waals surface area contributed by atoms with Crippen LogP contribution < -0.4 is 10.1 Å². The minimum atomic E-state index is 0.102. The number of hydrogen-bond acceptors (Lipinski definition) is 2. The zero-order valence-electron chi connectivity index (χ0n) is 12.8. The maximum Gasteiger partial charge on any atom is 0.124 e. The van der Waals surface area contributed by atoms with Crippen LogP contribution in [0, 0.1) is 12.8 Å². The fourth-order valence-electron chi connectivity index (χ4n) is 3.85. The van der Waals surface area contributed by atoms with Crippen molar-refractivity contribution in [1.29, 1.82) is 0 Å². The number of aryl methyl sites for hydroxylation is 1. The summed E-state index contributed by atoms with van der Waals surface area (Å²) < 4.78 is 6.03. The van der Waals surface area contributed by atoms with E-state index in [0.29, 0.717) is 12.0 Å². The van der Waals surface area contributed by atoms with Crippen LogP contribution >= 0.6 is 0 Å². The van der Waals surface area contributed by atoms with Gasteiger partial charge in [-0.25, -0.2) is 0 Å². The second-order valence-electron chi connectivity index (χ2n) is 6.85. The summed E-state index contributed by atoms with van der Waals surface area (Å²) in [6.45, 7) is 7.63. The zero-order chi connectivity index (χ0) is 14.6. The highest BCUT2D eigenvalue weighted by Crippen LogP contribution is 2.51. The van der Waals surface area contributed by atoms with Crippen molar-refractivity contribution in [3.8, 4) is 5.75 Å². The molecule has 2 aromatic rings. The lowest BCUT2D eigenvalue weighted by Crippen LogP contribution is -2.46. The van der Waals surface area contributed by atoms with E-state index in [0.717, 1.165) is 12.4 Å². The number of hydrogen-bond donors (Lipinski definition) is 1. The molecule has 0 bridgehead atoms. The molecule has 108 valence electrons. The van der Waals surface area contributed by atoms with Crippen LogP contribution in [0.1, 0.15) is 36.6 Å². The molecule has 0 spiro atoms. The number of nitrogens with one attached hydrogen (secondary N) is 1. The maximum atomic E-state index is 6.03. The van der Waals surface area contributed by atoms with Crippen LogP contribution in [0.2, 0.25) is 0 Å². The Balaban J connectivity index is 1.88. The van der Waals surface area contributed by atoms with Crippen LogP contribution in [0.5, 0.6) is 5.75 Å². The molecule has 2 atom stereocenters. The van der Waals surface area contributed by atoms with Crippen molar-refractivity contribution in [3.63, 3.8) is 0 Å². The van der Waals surface area contributed by atoms with Crippen molar-refractivity contribution < 1.29 is 4.74 Å². The molecule has 0 radical (unpaired) electrons. The molecule has 0 unspecified atom stereocenters. The SMILES string of the molecule is Cc1ccc2c(c1)C(C)(C)[C@@H]1COc3ccccc3[C@@H]1N2. The highest BCUT2D eigenvalue weighted by Gasteiger charge is 2.46. The lowest BCUT2D eigenvalue weighted by Gasteiger charge is -2.48. The lowest BCUT2D eigenvalue weighted by atomic mass is 9.65. The van der Waals surface area contributed by atoms with Gasteiger partial charge in [0, 0.05) is 22.6 Å².